The summed E-state index contributed by atoms with van der Waals surface area (Å²) in [5, 5.41) is 8.95. The van der Waals surface area contributed by atoms with Crippen LogP contribution in [0.25, 0.3) is 34.4 Å². The molecule has 5 rings (SSSR count). The molecule has 7 heteroatoms. The first kappa shape index (κ1) is 20.0. The van der Waals surface area contributed by atoms with E-state index in [-0.39, 0.29) is 6.61 Å². The minimum Gasteiger partial charge on any atom is -0.486 e. The summed E-state index contributed by atoms with van der Waals surface area (Å²) < 4.78 is 17.8. The van der Waals surface area contributed by atoms with Crippen molar-refractivity contribution < 1.29 is 13.6 Å². The van der Waals surface area contributed by atoms with E-state index in [1.54, 1.807) is 6.07 Å². The quantitative estimate of drug-likeness (QED) is 0.294. The van der Waals surface area contributed by atoms with Crippen LogP contribution in [-0.4, -0.2) is 15.2 Å². The molecule has 0 saturated carbocycles. The molecule has 0 aliphatic carbocycles. The van der Waals surface area contributed by atoms with Gasteiger partial charge in [-0.2, -0.15) is 0 Å². The highest BCUT2D eigenvalue weighted by Gasteiger charge is 2.17. The first-order valence-corrected chi connectivity index (χ1v) is 10.4. The molecule has 0 radical (unpaired) electrons. The highest BCUT2D eigenvalue weighted by molar-refractivity contribution is 6.33. The van der Waals surface area contributed by atoms with Crippen molar-refractivity contribution in [3.63, 3.8) is 0 Å². The first-order chi connectivity index (χ1) is 15.7. The molecule has 5 aromatic rings. The zero-order chi connectivity index (χ0) is 21.9. The van der Waals surface area contributed by atoms with Crippen molar-refractivity contribution in [3.8, 4) is 40.1 Å². The largest absolute Gasteiger partial charge is 0.486 e. The molecule has 158 valence electrons. The molecule has 0 amide bonds. The lowest BCUT2D eigenvalue weighted by Crippen LogP contribution is -1.99. The number of aromatic nitrogens is 3. The van der Waals surface area contributed by atoms with E-state index in [0.717, 1.165) is 11.1 Å². The third-order valence-electron chi connectivity index (χ3n) is 4.92. The van der Waals surface area contributed by atoms with Crippen LogP contribution >= 0.6 is 11.6 Å². The van der Waals surface area contributed by atoms with Crippen LogP contribution in [0, 0.1) is 6.92 Å². The Morgan fingerprint density at radius 2 is 1.44 bits per heavy atom. The van der Waals surface area contributed by atoms with Crippen molar-refractivity contribution in [1.82, 2.24) is 15.2 Å². The summed E-state index contributed by atoms with van der Waals surface area (Å²) in [5.74, 6) is 2.57. The highest BCUT2D eigenvalue weighted by atomic mass is 35.5. The Morgan fingerprint density at radius 1 is 0.750 bits per heavy atom. The lowest BCUT2D eigenvalue weighted by atomic mass is 10.2. The number of ether oxygens (including phenoxy) is 1. The molecular weight excluding hydrogens is 426 g/mol. The smallest absolute Gasteiger partial charge is 0.251 e. The van der Waals surface area contributed by atoms with Crippen LogP contribution in [0.3, 0.4) is 0 Å². The van der Waals surface area contributed by atoms with Gasteiger partial charge in [0.05, 0.1) is 16.1 Å². The number of hydrogen-bond acceptors (Lipinski definition) is 6. The van der Waals surface area contributed by atoms with E-state index in [1.165, 1.54) is 0 Å². The van der Waals surface area contributed by atoms with Crippen molar-refractivity contribution >= 4 is 11.6 Å². The Labute approximate surface area is 189 Å². The number of benzene rings is 3. The fourth-order valence-electron chi connectivity index (χ4n) is 3.26. The van der Waals surface area contributed by atoms with Crippen LogP contribution in [0.5, 0.6) is 5.75 Å². The predicted octanol–water partition coefficient (Wildman–Crippen LogP) is 6.60. The molecule has 0 N–H and O–H groups in total. The van der Waals surface area contributed by atoms with Crippen molar-refractivity contribution in [2.24, 2.45) is 0 Å². The van der Waals surface area contributed by atoms with Gasteiger partial charge in [-0.25, -0.2) is 4.98 Å². The number of nitrogens with zero attached hydrogens (tertiary/aromatic N) is 3. The molecule has 0 spiro atoms. The van der Waals surface area contributed by atoms with Crippen molar-refractivity contribution in [2.45, 2.75) is 13.5 Å². The molecule has 0 bridgehead atoms. The summed E-state index contributed by atoms with van der Waals surface area (Å²) in [6.45, 7) is 2.07. The number of rotatable bonds is 6. The van der Waals surface area contributed by atoms with Gasteiger partial charge in [0.2, 0.25) is 11.8 Å². The normalized spacial score (nSPS) is 10.9. The van der Waals surface area contributed by atoms with E-state index in [2.05, 4.69) is 15.2 Å². The number of para-hydroxylation sites is 1. The van der Waals surface area contributed by atoms with Gasteiger partial charge in [0.25, 0.3) is 5.89 Å². The summed E-state index contributed by atoms with van der Waals surface area (Å²) in [7, 11) is 0. The van der Waals surface area contributed by atoms with E-state index >= 15 is 0 Å². The average molecular weight is 444 g/mol. The van der Waals surface area contributed by atoms with Crippen molar-refractivity contribution in [2.75, 3.05) is 0 Å². The Bertz CT molecular complexity index is 1360. The van der Waals surface area contributed by atoms with Gasteiger partial charge in [-0.1, -0.05) is 54.1 Å². The maximum Gasteiger partial charge on any atom is 0.251 e. The molecule has 32 heavy (non-hydrogen) atoms. The summed E-state index contributed by atoms with van der Waals surface area (Å²) in [6, 6.07) is 24.6. The summed E-state index contributed by atoms with van der Waals surface area (Å²) in [5.41, 5.74) is 2.98. The van der Waals surface area contributed by atoms with Gasteiger partial charge >= 0.3 is 0 Å². The van der Waals surface area contributed by atoms with E-state index in [0.29, 0.717) is 45.5 Å². The maximum atomic E-state index is 6.27. The minimum absolute atomic E-state index is 0.219. The van der Waals surface area contributed by atoms with Crippen LogP contribution in [0.4, 0.5) is 0 Å². The fraction of sp³-hybridized carbons (Fsp3) is 0.0800. The molecule has 0 aliphatic heterocycles. The second kappa shape index (κ2) is 8.69. The molecule has 2 aromatic heterocycles. The summed E-state index contributed by atoms with van der Waals surface area (Å²) in [6.07, 6.45) is 0. The number of oxazole rings is 1. The van der Waals surface area contributed by atoms with E-state index in [1.807, 2.05) is 79.7 Å². The van der Waals surface area contributed by atoms with Crippen LogP contribution in [0.15, 0.2) is 87.7 Å². The Balaban J connectivity index is 1.38. The fourth-order valence-corrected chi connectivity index (χ4v) is 3.47. The predicted molar refractivity (Wildman–Crippen MR) is 121 cm³/mol. The minimum atomic E-state index is 0.219. The molecule has 0 unspecified atom stereocenters. The van der Waals surface area contributed by atoms with Gasteiger partial charge in [0.15, 0.2) is 0 Å². The highest BCUT2D eigenvalue weighted by Crippen LogP contribution is 2.32. The molecule has 0 atom stereocenters. The van der Waals surface area contributed by atoms with Crippen LogP contribution in [0.2, 0.25) is 5.02 Å². The first-order valence-electron chi connectivity index (χ1n) is 10.0. The third-order valence-corrected chi connectivity index (χ3v) is 5.25. The van der Waals surface area contributed by atoms with Crippen LogP contribution < -0.4 is 4.74 Å². The number of hydrogen-bond donors (Lipinski definition) is 0. The van der Waals surface area contributed by atoms with Gasteiger partial charge < -0.3 is 13.6 Å². The SMILES string of the molecule is Cc1oc(-c2ccccc2Cl)nc1COc1ccccc1-c1nnc(-c2ccccc2)o1. The Hall–Kier alpha value is -3.90. The second-order valence-electron chi connectivity index (χ2n) is 7.06. The van der Waals surface area contributed by atoms with Crippen molar-refractivity contribution in [3.05, 3.63) is 95.3 Å². The van der Waals surface area contributed by atoms with Crippen molar-refractivity contribution in [1.29, 1.82) is 0 Å². The molecular formula is C25H18ClN3O3. The lowest BCUT2D eigenvalue weighted by molar-refractivity contribution is 0.300. The zero-order valence-corrected chi connectivity index (χ0v) is 17.9. The standard InChI is InChI=1S/C25H18ClN3O3/c1-16-21(27-24(31-16)18-11-5-7-13-20(18)26)15-30-22-14-8-6-12-19(22)25-29-28-23(32-25)17-9-3-2-4-10-17/h2-14H,15H2,1H3. The second-order valence-corrected chi connectivity index (χ2v) is 7.47. The number of halogens is 1. The van der Waals surface area contributed by atoms with Gasteiger partial charge in [-0.3, -0.25) is 0 Å². The van der Waals surface area contributed by atoms with E-state index in [4.69, 9.17) is 25.2 Å². The maximum absolute atomic E-state index is 6.27. The molecule has 0 fully saturated rings. The monoisotopic (exact) mass is 443 g/mol. The molecule has 2 heterocycles. The third kappa shape index (κ3) is 4.00. The molecule has 0 saturated heterocycles. The van der Waals surface area contributed by atoms with Gasteiger partial charge in [0, 0.05) is 5.56 Å². The number of aryl methyl sites for hydroxylation is 1. The van der Waals surface area contributed by atoms with Gasteiger partial charge in [-0.15, -0.1) is 10.2 Å². The Morgan fingerprint density at radius 3 is 2.25 bits per heavy atom. The summed E-state index contributed by atoms with van der Waals surface area (Å²) >= 11 is 6.27. The van der Waals surface area contributed by atoms with Gasteiger partial charge in [0.1, 0.15) is 23.8 Å². The Kier molecular flexibility index (Phi) is 5.44. The zero-order valence-electron chi connectivity index (χ0n) is 17.2. The molecule has 0 aliphatic rings. The van der Waals surface area contributed by atoms with Gasteiger partial charge in [-0.05, 0) is 43.3 Å². The van der Waals surface area contributed by atoms with Crippen LogP contribution in [-0.2, 0) is 6.61 Å². The topological polar surface area (TPSA) is 74.2 Å². The summed E-state index contributed by atoms with van der Waals surface area (Å²) in [4.78, 5) is 4.57. The van der Waals surface area contributed by atoms with E-state index < -0.39 is 0 Å². The average Bonchev–Trinajstić information content (AvgIpc) is 3.46. The lowest BCUT2D eigenvalue weighted by Gasteiger charge is -2.08. The van der Waals surface area contributed by atoms with Crippen LogP contribution in [0.1, 0.15) is 11.5 Å². The molecule has 3 aromatic carbocycles. The molecule has 6 nitrogen and oxygen atoms in total. The van der Waals surface area contributed by atoms with E-state index in [9.17, 15) is 0 Å².